The lowest BCUT2D eigenvalue weighted by atomic mass is 10.1. The van der Waals surface area contributed by atoms with Crippen molar-refractivity contribution in [3.05, 3.63) is 0 Å². The Labute approximate surface area is 72.4 Å². The minimum atomic E-state index is -1.19. The van der Waals surface area contributed by atoms with Gasteiger partial charge >= 0.3 is 5.97 Å². The molecule has 1 unspecified atom stereocenters. The molecule has 0 saturated carbocycles. The van der Waals surface area contributed by atoms with Crippen LogP contribution in [-0.4, -0.2) is 22.3 Å². The highest BCUT2D eigenvalue weighted by Gasteiger charge is 1.98. The predicted octanol–water partition coefficient (Wildman–Crippen LogP) is 1.02. The van der Waals surface area contributed by atoms with E-state index in [2.05, 4.69) is 12.8 Å². The molecule has 1 atom stereocenters. The van der Waals surface area contributed by atoms with E-state index in [-0.39, 0.29) is 0 Å². The van der Waals surface area contributed by atoms with Gasteiger partial charge in [0.15, 0.2) is 0 Å². The van der Waals surface area contributed by atoms with Gasteiger partial charge in [-0.25, -0.2) is 4.79 Å². The van der Waals surface area contributed by atoms with Gasteiger partial charge in [-0.2, -0.15) is 0 Å². The molecule has 0 amide bonds. The highest BCUT2D eigenvalue weighted by molar-refractivity contribution is 5.86. The second-order valence-corrected chi connectivity index (χ2v) is 2.59. The third kappa shape index (κ3) is 7.10. The molecule has 0 saturated heterocycles. The number of hydrogen-bond acceptors (Lipinski definition) is 2. The van der Waals surface area contributed by atoms with Crippen molar-refractivity contribution in [1.29, 1.82) is 0 Å². The van der Waals surface area contributed by atoms with Gasteiger partial charge in [0, 0.05) is 5.92 Å². The van der Waals surface area contributed by atoms with Gasteiger partial charge in [0.2, 0.25) is 0 Å². The Morgan fingerprint density at radius 3 is 2.67 bits per heavy atom. The van der Waals surface area contributed by atoms with Gasteiger partial charge in [-0.15, -0.1) is 0 Å². The van der Waals surface area contributed by atoms with Crippen molar-refractivity contribution in [2.24, 2.45) is 0 Å². The molecule has 0 radical (unpaired) electrons. The smallest absolute Gasteiger partial charge is 0.381 e. The van der Waals surface area contributed by atoms with E-state index in [4.69, 9.17) is 10.2 Å². The third-order valence-electron chi connectivity index (χ3n) is 1.43. The molecular weight excluding hydrogens is 156 g/mol. The monoisotopic (exact) mass is 170 g/mol. The SMILES string of the molecule is CCCCCC(O)C#CC(=O)O. The van der Waals surface area contributed by atoms with E-state index in [0.29, 0.717) is 6.42 Å². The summed E-state index contributed by atoms with van der Waals surface area (Å²) in [5, 5.41) is 17.2. The Hall–Kier alpha value is -1.01. The molecule has 0 aliphatic heterocycles. The summed E-state index contributed by atoms with van der Waals surface area (Å²) in [4.78, 5) is 9.95. The van der Waals surface area contributed by atoms with Crippen LogP contribution in [0.25, 0.3) is 0 Å². The molecular formula is C9H14O3. The van der Waals surface area contributed by atoms with E-state index in [1.54, 1.807) is 0 Å². The van der Waals surface area contributed by atoms with Gasteiger partial charge in [-0.05, 0) is 12.8 Å². The van der Waals surface area contributed by atoms with Gasteiger partial charge in [0.05, 0.1) is 0 Å². The van der Waals surface area contributed by atoms with E-state index in [9.17, 15) is 4.79 Å². The van der Waals surface area contributed by atoms with Gasteiger partial charge in [0.25, 0.3) is 0 Å². The van der Waals surface area contributed by atoms with Crippen LogP contribution in [0.5, 0.6) is 0 Å². The van der Waals surface area contributed by atoms with Crippen LogP contribution in [0.2, 0.25) is 0 Å². The summed E-state index contributed by atoms with van der Waals surface area (Å²) in [6.07, 6.45) is 2.80. The Morgan fingerprint density at radius 1 is 1.50 bits per heavy atom. The van der Waals surface area contributed by atoms with Gasteiger partial charge in [0.1, 0.15) is 6.10 Å². The Balaban J connectivity index is 3.54. The van der Waals surface area contributed by atoms with Crippen molar-refractivity contribution in [3.8, 4) is 11.8 Å². The Kier molecular flexibility index (Phi) is 6.12. The first-order valence-electron chi connectivity index (χ1n) is 4.09. The number of aliphatic carboxylic acids is 1. The number of rotatable bonds is 4. The van der Waals surface area contributed by atoms with Crippen LogP contribution in [0.15, 0.2) is 0 Å². The summed E-state index contributed by atoms with van der Waals surface area (Å²) in [6.45, 7) is 2.06. The van der Waals surface area contributed by atoms with Crippen molar-refractivity contribution < 1.29 is 15.0 Å². The number of carbonyl (C=O) groups is 1. The van der Waals surface area contributed by atoms with Gasteiger partial charge in [-0.3, -0.25) is 0 Å². The van der Waals surface area contributed by atoms with Crippen molar-refractivity contribution in [2.75, 3.05) is 0 Å². The van der Waals surface area contributed by atoms with Crippen LogP contribution in [-0.2, 0) is 4.79 Å². The molecule has 0 aromatic carbocycles. The lowest BCUT2D eigenvalue weighted by Crippen LogP contribution is -2.03. The molecule has 0 aliphatic rings. The summed E-state index contributed by atoms with van der Waals surface area (Å²) >= 11 is 0. The molecule has 12 heavy (non-hydrogen) atoms. The lowest BCUT2D eigenvalue weighted by Gasteiger charge is -2.00. The summed E-state index contributed by atoms with van der Waals surface area (Å²) in [5.41, 5.74) is 0. The second kappa shape index (κ2) is 6.68. The average molecular weight is 170 g/mol. The molecule has 0 spiro atoms. The normalized spacial score (nSPS) is 11.5. The Bertz CT molecular complexity index is 188. The molecule has 3 heteroatoms. The highest BCUT2D eigenvalue weighted by atomic mass is 16.4. The number of carboxylic acid groups (broad SMARTS) is 1. The average Bonchev–Trinajstić information content (AvgIpc) is 2.01. The summed E-state index contributed by atoms with van der Waals surface area (Å²) in [6, 6.07) is 0. The largest absolute Gasteiger partial charge is 0.472 e. The predicted molar refractivity (Wildman–Crippen MR) is 45.6 cm³/mol. The minimum Gasteiger partial charge on any atom is -0.472 e. The molecule has 0 bridgehead atoms. The third-order valence-corrected chi connectivity index (χ3v) is 1.43. The fraction of sp³-hybridized carbons (Fsp3) is 0.667. The first kappa shape index (κ1) is 11.0. The molecule has 0 heterocycles. The zero-order valence-corrected chi connectivity index (χ0v) is 7.21. The van der Waals surface area contributed by atoms with Crippen molar-refractivity contribution in [3.63, 3.8) is 0 Å². The summed E-state index contributed by atoms with van der Waals surface area (Å²) in [5.74, 6) is 2.95. The molecule has 2 N–H and O–H groups in total. The standard InChI is InChI=1S/C9H14O3/c1-2-3-4-5-8(10)6-7-9(11)12/h8,10H,2-5H2,1H3,(H,11,12). The first-order chi connectivity index (χ1) is 5.66. The number of carboxylic acids is 1. The number of hydrogen-bond donors (Lipinski definition) is 2. The van der Waals surface area contributed by atoms with Gasteiger partial charge < -0.3 is 10.2 Å². The fourth-order valence-electron chi connectivity index (χ4n) is 0.805. The summed E-state index contributed by atoms with van der Waals surface area (Å²) in [7, 11) is 0. The minimum absolute atomic E-state index is 0.564. The maximum Gasteiger partial charge on any atom is 0.381 e. The topological polar surface area (TPSA) is 57.5 Å². The zero-order valence-electron chi connectivity index (χ0n) is 7.21. The zero-order chi connectivity index (χ0) is 9.40. The second-order valence-electron chi connectivity index (χ2n) is 2.59. The van der Waals surface area contributed by atoms with E-state index < -0.39 is 12.1 Å². The maximum atomic E-state index is 9.95. The van der Waals surface area contributed by atoms with E-state index in [0.717, 1.165) is 19.3 Å². The van der Waals surface area contributed by atoms with Crippen molar-refractivity contribution in [2.45, 2.75) is 38.7 Å². The molecule has 0 fully saturated rings. The van der Waals surface area contributed by atoms with Crippen LogP contribution in [0.1, 0.15) is 32.6 Å². The molecule has 0 aromatic heterocycles. The number of unbranched alkanes of at least 4 members (excludes halogenated alkanes) is 2. The van der Waals surface area contributed by atoms with Crippen LogP contribution in [0.4, 0.5) is 0 Å². The van der Waals surface area contributed by atoms with E-state index >= 15 is 0 Å². The Morgan fingerprint density at radius 2 is 2.17 bits per heavy atom. The van der Waals surface area contributed by atoms with Crippen molar-refractivity contribution >= 4 is 5.97 Å². The van der Waals surface area contributed by atoms with Crippen molar-refractivity contribution in [1.82, 2.24) is 0 Å². The molecule has 3 nitrogen and oxygen atoms in total. The van der Waals surface area contributed by atoms with Crippen LogP contribution in [0.3, 0.4) is 0 Å². The van der Waals surface area contributed by atoms with E-state index in [1.807, 2.05) is 5.92 Å². The number of aliphatic hydroxyl groups excluding tert-OH is 1. The first-order valence-corrected chi connectivity index (χ1v) is 4.09. The van der Waals surface area contributed by atoms with Crippen LogP contribution >= 0.6 is 0 Å². The van der Waals surface area contributed by atoms with Gasteiger partial charge in [-0.1, -0.05) is 25.7 Å². The molecule has 0 aromatic rings. The number of aliphatic hydroxyl groups is 1. The summed E-state index contributed by atoms with van der Waals surface area (Å²) < 4.78 is 0. The quantitative estimate of drug-likeness (QED) is 0.489. The molecule has 0 rings (SSSR count). The van der Waals surface area contributed by atoms with Crippen LogP contribution < -0.4 is 0 Å². The lowest BCUT2D eigenvalue weighted by molar-refractivity contribution is -0.130. The van der Waals surface area contributed by atoms with Crippen LogP contribution in [0, 0.1) is 11.8 Å². The van der Waals surface area contributed by atoms with E-state index in [1.165, 1.54) is 0 Å². The highest BCUT2D eigenvalue weighted by Crippen LogP contribution is 2.01. The molecule has 0 aliphatic carbocycles. The molecule has 68 valence electrons. The maximum absolute atomic E-state index is 9.95. The fourth-order valence-corrected chi connectivity index (χ4v) is 0.805.